The molecule has 2 rings (SSSR count). The Kier molecular flexibility index (Phi) is 4.78. The summed E-state index contributed by atoms with van der Waals surface area (Å²) >= 11 is 0. The highest BCUT2D eigenvalue weighted by atomic mass is 16.1. The van der Waals surface area contributed by atoms with E-state index in [1.54, 1.807) is 6.20 Å². The molecule has 0 spiro atoms. The number of hydrogen-bond acceptors (Lipinski definition) is 2. The number of aryl methyl sites for hydroxylation is 1. The second kappa shape index (κ2) is 6.57. The van der Waals surface area contributed by atoms with Crippen LogP contribution in [0.2, 0.25) is 0 Å². The Hall–Kier alpha value is -2.10. The van der Waals surface area contributed by atoms with E-state index < -0.39 is 0 Å². The quantitative estimate of drug-likeness (QED) is 0.915. The first-order valence-corrected chi connectivity index (χ1v) is 7.46. The van der Waals surface area contributed by atoms with E-state index >= 15 is 0 Å². The number of benzene rings is 1. The standard InChI is InChI=1S/C17H23N3O/c1-5-8-13(3)19-17(21)15-11-18-20(14(15)4)16-10-7-6-9-12(16)2/h6-7,9-11,13H,5,8H2,1-4H3,(H,19,21). The summed E-state index contributed by atoms with van der Waals surface area (Å²) in [6.07, 6.45) is 3.69. The molecule has 1 unspecified atom stereocenters. The van der Waals surface area contributed by atoms with Crippen LogP contribution in [0.5, 0.6) is 0 Å². The summed E-state index contributed by atoms with van der Waals surface area (Å²) in [4.78, 5) is 12.3. The highest BCUT2D eigenvalue weighted by molar-refractivity contribution is 5.95. The second-order valence-electron chi connectivity index (χ2n) is 5.51. The molecule has 0 bridgehead atoms. The monoisotopic (exact) mass is 285 g/mol. The first-order chi connectivity index (χ1) is 10.0. The van der Waals surface area contributed by atoms with Gasteiger partial charge in [-0.1, -0.05) is 31.5 Å². The molecule has 0 fully saturated rings. The van der Waals surface area contributed by atoms with E-state index in [4.69, 9.17) is 0 Å². The van der Waals surface area contributed by atoms with Crippen molar-refractivity contribution in [2.45, 2.75) is 46.6 Å². The van der Waals surface area contributed by atoms with Crippen LogP contribution in [0.1, 0.15) is 48.3 Å². The summed E-state index contributed by atoms with van der Waals surface area (Å²) < 4.78 is 1.83. The SMILES string of the molecule is CCCC(C)NC(=O)c1cnn(-c2ccccc2C)c1C. The van der Waals surface area contributed by atoms with Gasteiger partial charge in [0.2, 0.25) is 0 Å². The molecule has 4 heteroatoms. The third-order valence-corrected chi connectivity index (χ3v) is 3.70. The van der Waals surface area contributed by atoms with Crippen LogP contribution in [-0.4, -0.2) is 21.7 Å². The minimum atomic E-state index is -0.0479. The third-order valence-electron chi connectivity index (χ3n) is 3.70. The van der Waals surface area contributed by atoms with Crippen molar-refractivity contribution in [3.05, 3.63) is 47.3 Å². The molecule has 1 aromatic carbocycles. The molecule has 0 aliphatic heterocycles. The van der Waals surface area contributed by atoms with Gasteiger partial charge in [-0.25, -0.2) is 4.68 Å². The molecule has 21 heavy (non-hydrogen) atoms. The van der Waals surface area contributed by atoms with E-state index in [-0.39, 0.29) is 11.9 Å². The van der Waals surface area contributed by atoms with Gasteiger partial charge in [0.05, 0.1) is 23.1 Å². The zero-order chi connectivity index (χ0) is 15.4. The first-order valence-electron chi connectivity index (χ1n) is 7.46. The van der Waals surface area contributed by atoms with E-state index in [1.807, 2.05) is 49.7 Å². The Bertz CT molecular complexity index is 631. The van der Waals surface area contributed by atoms with Crippen LogP contribution in [0.4, 0.5) is 0 Å². The molecular weight excluding hydrogens is 262 g/mol. The van der Waals surface area contributed by atoms with Gasteiger partial charge in [-0.2, -0.15) is 5.10 Å². The zero-order valence-electron chi connectivity index (χ0n) is 13.2. The molecule has 2 aromatic rings. The highest BCUT2D eigenvalue weighted by Gasteiger charge is 2.17. The first kappa shape index (κ1) is 15.3. The maximum Gasteiger partial charge on any atom is 0.254 e. The maximum absolute atomic E-state index is 12.3. The number of nitrogens with zero attached hydrogens (tertiary/aromatic N) is 2. The summed E-state index contributed by atoms with van der Waals surface area (Å²) in [5.74, 6) is -0.0479. The van der Waals surface area contributed by atoms with Gasteiger partial charge < -0.3 is 5.32 Å². The number of amides is 1. The van der Waals surface area contributed by atoms with E-state index in [0.29, 0.717) is 5.56 Å². The van der Waals surface area contributed by atoms with Gasteiger partial charge in [-0.15, -0.1) is 0 Å². The molecule has 1 N–H and O–H groups in total. The predicted octanol–water partition coefficient (Wildman–Crippen LogP) is 3.41. The summed E-state index contributed by atoms with van der Waals surface area (Å²) in [6.45, 7) is 8.12. The van der Waals surface area contributed by atoms with E-state index in [2.05, 4.69) is 17.3 Å². The zero-order valence-corrected chi connectivity index (χ0v) is 13.2. The fourth-order valence-corrected chi connectivity index (χ4v) is 2.48. The van der Waals surface area contributed by atoms with Crippen LogP contribution >= 0.6 is 0 Å². The number of rotatable bonds is 5. The molecular formula is C17H23N3O. The summed E-state index contributed by atoms with van der Waals surface area (Å²) in [5.41, 5.74) is 3.65. The molecule has 1 heterocycles. The van der Waals surface area contributed by atoms with E-state index in [9.17, 15) is 4.79 Å². The fraction of sp³-hybridized carbons (Fsp3) is 0.412. The van der Waals surface area contributed by atoms with Crippen molar-refractivity contribution in [2.75, 3.05) is 0 Å². The van der Waals surface area contributed by atoms with E-state index in [0.717, 1.165) is 29.8 Å². The van der Waals surface area contributed by atoms with Crippen molar-refractivity contribution in [3.8, 4) is 5.69 Å². The van der Waals surface area contributed by atoms with Gasteiger partial charge in [-0.05, 0) is 38.8 Å². The lowest BCUT2D eigenvalue weighted by Gasteiger charge is -2.13. The second-order valence-corrected chi connectivity index (χ2v) is 5.51. The Balaban J connectivity index is 2.25. The van der Waals surface area contributed by atoms with Gasteiger partial charge in [0.1, 0.15) is 0 Å². The Morgan fingerprint density at radius 1 is 1.33 bits per heavy atom. The maximum atomic E-state index is 12.3. The smallest absolute Gasteiger partial charge is 0.254 e. The van der Waals surface area contributed by atoms with Gasteiger partial charge in [0.15, 0.2) is 0 Å². The minimum Gasteiger partial charge on any atom is -0.349 e. The fourth-order valence-electron chi connectivity index (χ4n) is 2.48. The number of nitrogens with one attached hydrogen (secondary N) is 1. The van der Waals surface area contributed by atoms with Crippen LogP contribution in [0.15, 0.2) is 30.5 Å². The molecule has 0 saturated carbocycles. The van der Waals surface area contributed by atoms with Crippen LogP contribution < -0.4 is 5.32 Å². The van der Waals surface area contributed by atoms with Crippen molar-refractivity contribution in [2.24, 2.45) is 0 Å². The number of carbonyl (C=O) groups excluding carboxylic acids is 1. The topological polar surface area (TPSA) is 46.9 Å². The van der Waals surface area contributed by atoms with Crippen molar-refractivity contribution < 1.29 is 4.79 Å². The molecule has 1 amide bonds. The normalized spacial score (nSPS) is 12.2. The van der Waals surface area contributed by atoms with Crippen molar-refractivity contribution in [1.82, 2.24) is 15.1 Å². The van der Waals surface area contributed by atoms with Crippen LogP contribution in [0.25, 0.3) is 5.69 Å². The Morgan fingerprint density at radius 2 is 2.05 bits per heavy atom. The lowest BCUT2D eigenvalue weighted by atomic mass is 10.1. The number of carbonyl (C=O) groups is 1. The summed E-state index contributed by atoms with van der Waals surface area (Å²) in [7, 11) is 0. The Morgan fingerprint density at radius 3 is 2.71 bits per heavy atom. The predicted molar refractivity (Wildman–Crippen MR) is 84.9 cm³/mol. The molecule has 0 saturated heterocycles. The van der Waals surface area contributed by atoms with Crippen molar-refractivity contribution in [1.29, 1.82) is 0 Å². The van der Waals surface area contributed by atoms with Gasteiger partial charge >= 0.3 is 0 Å². The molecule has 112 valence electrons. The minimum absolute atomic E-state index is 0.0479. The average Bonchev–Trinajstić information content (AvgIpc) is 2.81. The molecule has 1 aromatic heterocycles. The van der Waals surface area contributed by atoms with Crippen LogP contribution in [-0.2, 0) is 0 Å². The van der Waals surface area contributed by atoms with Crippen LogP contribution in [0.3, 0.4) is 0 Å². The molecule has 0 radical (unpaired) electrons. The molecule has 0 aliphatic rings. The Labute approximate surface area is 126 Å². The third kappa shape index (κ3) is 3.32. The van der Waals surface area contributed by atoms with Crippen LogP contribution in [0, 0.1) is 13.8 Å². The summed E-state index contributed by atoms with van der Waals surface area (Å²) in [6, 6.07) is 8.21. The largest absolute Gasteiger partial charge is 0.349 e. The molecule has 0 aliphatic carbocycles. The lowest BCUT2D eigenvalue weighted by Crippen LogP contribution is -2.32. The van der Waals surface area contributed by atoms with Crippen molar-refractivity contribution >= 4 is 5.91 Å². The molecule has 1 atom stereocenters. The lowest BCUT2D eigenvalue weighted by molar-refractivity contribution is 0.0937. The van der Waals surface area contributed by atoms with Gasteiger partial charge in [-0.3, -0.25) is 4.79 Å². The van der Waals surface area contributed by atoms with Gasteiger partial charge in [0, 0.05) is 6.04 Å². The van der Waals surface area contributed by atoms with Gasteiger partial charge in [0.25, 0.3) is 5.91 Å². The average molecular weight is 285 g/mol. The number of para-hydroxylation sites is 1. The number of aromatic nitrogens is 2. The van der Waals surface area contributed by atoms with E-state index in [1.165, 1.54) is 0 Å². The number of hydrogen-bond donors (Lipinski definition) is 1. The highest BCUT2D eigenvalue weighted by Crippen LogP contribution is 2.17. The molecule has 4 nitrogen and oxygen atoms in total. The van der Waals surface area contributed by atoms with Crippen molar-refractivity contribution in [3.63, 3.8) is 0 Å². The summed E-state index contributed by atoms with van der Waals surface area (Å²) in [5, 5.41) is 7.40.